The number of hydrogen-bond acceptors (Lipinski definition) is 1. The normalized spacial score (nSPS) is 10.4. The fourth-order valence-corrected chi connectivity index (χ4v) is 1.73. The second kappa shape index (κ2) is 5.31. The molecular formula is C13H9ClF3N. The van der Waals surface area contributed by atoms with Crippen LogP contribution in [-0.4, -0.2) is 0 Å². The number of benzene rings is 2. The Morgan fingerprint density at radius 1 is 0.944 bits per heavy atom. The van der Waals surface area contributed by atoms with Crippen molar-refractivity contribution < 1.29 is 13.2 Å². The molecule has 0 radical (unpaired) electrons. The molecule has 1 nitrogen and oxygen atoms in total. The van der Waals surface area contributed by atoms with E-state index in [1.165, 1.54) is 18.2 Å². The van der Waals surface area contributed by atoms with Gasteiger partial charge in [0.05, 0.1) is 0 Å². The van der Waals surface area contributed by atoms with Crippen LogP contribution in [-0.2, 0) is 6.54 Å². The third kappa shape index (κ3) is 3.17. The monoisotopic (exact) mass is 271 g/mol. The maximum absolute atomic E-state index is 13.0. The van der Waals surface area contributed by atoms with Gasteiger partial charge in [-0.3, -0.25) is 0 Å². The van der Waals surface area contributed by atoms with Crippen molar-refractivity contribution in [1.29, 1.82) is 0 Å². The highest BCUT2D eigenvalue weighted by Gasteiger charge is 2.03. The summed E-state index contributed by atoms with van der Waals surface area (Å²) < 4.78 is 38.7. The number of anilines is 1. The highest BCUT2D eigenvalue weighted by molar-refractivity contribution is 6.30. The lowest BCUT2D eigenvalue weighted by Crippen LogP contribution is -2.00. The Bertz CT molecular complexity index is 552. The standard InChI is InChI=1S/C13H9ClF3N/c14-9-4-10(15)6-11(5-9)18-7-8-1-2-12(16)13(17)3-8/h1-6,18H,7H2. The van der Waals surface area contributed by atoms with Crippen LogP contribution in [0.25, 0.3) is 0 Å². The van der Waals surface area contributed by atoms with Crippen molar-refractivity contribution >= 4 is 17.3 Å². The molecular weight excluding hydrogens is 263 g/mol. The molecule has 1 N–H and O–H groups in total. The predicted molar refractivity (Wildman–Crippen MR) is 65.1 cm³/mol. The summed E-state index contributed by atoms with van der Waals surface area (Å²) in [6.45, 7) is 0.247. The van der Waals surface area contributed by atoms with Gasteiger partial charge in [-0.2, -0.15) is 0 Å². The average Bonchev–Trinajstić information content (AvgIpc) is 2.29. The third-order valence-corrected chi connectivity index (χ3v) is 2.56. The van der Waals surface area contributed by atoms with Crippen LogP contribution in [0.3, 0.4) is 0 Å². The van der Waals surface area contributed by atoms with Gasteiger partial charge in [0, 0.05) is 17.3 Å². The van der Waals surface area contributed by atoms with Crippen molar-refractivity contribution in [1.82, 2.24) is 0 Å². The average molecular weight is 272 g/mol. The molecule has 0 atom stereocenters. The van der Waals surface area contributed by atoms with Crippen LogP contribution in [0.15, 0.2) is 36.4 Å². The lowest BCUT2D eigenvalue weighted by Gasteiger charge is -2.07. The lowest BCUT2D eigenvalue weighted by atomic mass is 10.2. The topological polar surface area (TPSA) is 12.0 Å². The number of hydrogen-bond donors (Lipinski definition) is 1. The SMILES string of the molecule is Fc1cc(Cl)cc(NCc2ccc(F)c(F)c2)c1. The zero-order valence-electron chi connectivity index (χ0n) is 9.18. The largest absolute Gasteiger partial charge is 0.381 e. The molecule has 0 aliphatic carbocycles. The molecule has 0 amide bonds. The summed E-state index contributed by atoms with van der Waals surface area (Å²) in [7, 11) is 0. The molecule has 0 aromatic heterocycles. The number of halogens is 4. The van der Waals surface area contributed by atoms with Gasteiger partial charge in [0.25, 0.3) is 0 Å². The van der Waals surface area contributed by atoms with E-state index < -0.39 is 17.5 Å². The molecule has 18 heavy (non-hydrogen) atoms. The zero-order valence-corrected chi connectivity index (χ0v) is 9.94. The van der Waals surface area contributed by atoms with Gasteiger partial charge < -0.3 is 5.32 Å². The first kappa shape index (κ1) is 12.8. The fourth-order valence-electron chi connectivity index (χ4n) is 1.51. The molecule has 0 fully saturated rings. The molecule has 2 aromatic rings. The van der Waals surface area contributed by atoms with Crippen molar-refractivity contribution in [2.75, 3.05) is 5.32 Å². The summed E-state index contributed by atoms with van der Waals surface area (Å²) in [5.41, 5.74) is 1.03. The third-order valence-electron chi connectivity index (χ3n) is 2.34. The first-order valence-electron chi connectivity index (χ1n) is 5.18. The second-order valence-electron chi connectivity index (χ2n) is 3.76. The number of nitrogens with one attached hydrogen (secondary N) is 1. The van der Waals surface area contributed by atoms with E-state index in [1.54, 1.807) is 6.07 Å². The van der Waals surface area contributed by atoms with Gasteiger partial charge >= 0.3 is 0 Å². The van der Waals surface area contributed by atoms with Crippen LogP contribution in [0, 0.1) is 17.5 Å². The van der Waals surface area contributed by atoms with Crippen LogP contribution in [0.1, 0.15) is 5.56 Å². The van der Waals surface area contributed by atoms with Crippen LogP contribution in [0.4, 0.5) is 18.9 Å². The van der Waals surface area contributed by atoms with Crippen molar-refractivity contribution in [3.63, 3.8) is 0 Å². The Balaban J connectivity index is 2.08. The molecule has 0 aliphatic rings. The molecule has 0 bridgehead atoms. The highest BCUT2D eigenvalue weighted by Crippen LogP contribution is 2.19. The van der Waals surface area contributed by atoms with Crippen LogP contribution >= 0.6 is 11.6 Å². The minimum Gasteiger partial charge on any atom is -0.381 e. The highest BCUT2D eigenvalue weighted by atomic mass is 35.5. The van der Waals surface area contributed by atoms with E-state index in [0.29, 0.717) is 11.3 Å². The Kier molecular flexibility index (Phi) is 3.77. The van der Waals surface area contributed by atoms with Gasteiger partial charge in [-0.15, -0.1) is 0 Å². The fraction of sp³-hybridized carbons (Fsp3) is 0.0769. The van der Waals surface area contributed by atoms with Crippen LogP contribution < -0.4 is 5.32 Å². The molecule has 0 aliphatic heterocycles. The molecule has 0 unspecified atom stereocenters. The van der Waals surface area contributed by atoms with Gasteiger partial charge in [0.15, 0.2) is 11.6 Å². The molecule has 5 heteroatoms. The molecule has 0 spiro atoms. The van der Waals surface area contributed by atoms with E-state index in [-0.39, 0.29) is 11.6 Å². The Labute approximate surface area is 107 Å². The zero-order chi connectivity index (χ0) is 13.1. The summed E-state index contributed by atoms with van der Waals surface area (Å²) in [6.07, 6.45) is 0. The maximum atomic E-state index is 13.0. The minimum atomic E-state index is -0.911. The second-order valence-corrected chi connectivity index (χ2v) is 4.20. The van der Waals surface area contributed by atoms with Gasteiger partial charge in [-0.1, -0.05) is 17.7 Å². The minimum absolute atomic E-state index is 0.247. The summed E-state index contributed by atoms with van der Waals surface area (Å²) in [6, 6.07) is 7.58. The van der Waals surface area contributed by atoms with Crippen molar-refractivity contribution in [3.8, 4) is 0 Å². The van der Waals surface area contributed by atoms with E-state index in [9.17, 15) is 13.2 Å². The lowest BCUT2D eigenvalue weighted by molar-refractivity contribution is 0.507. The molecule has 2 rings (SSSR count). The summed E-state index contributed by atoms with van der Waals surface area (Å²) >= 11 is 5.69. The van der Waals surface area contributed by atoms with Crippen molar-refractivity contribution in [2.24, 2.45) is 0 Å². The van der Waals surface area contributed by atoms with Gasteiger partial charge in [0.1, 0.15) is 5.82 Å². The van der Waals surface area contributed by atoms with Crippen LogP contribution in [0.5, 0.6) is 0 Å². The Morgan fingerprint density at radius 2 is 1.72 bits per heavy atom. The molecule has 0 saturated carbocycles. The molecule has 0 heterocycles. The quantitative estimate of drug-likeness (QED) is 0.874. The number of rotatable bonds is 3. The van der Waals surface area contributed by atoms with Gasteiger partial charge in [-0.25, -0.2) is 13.2 Å². The van der Waals surface area contributed by atoms with Crippen molar-refractivity contribution in [3.05, 3.63) is 64.4 Å². The Morgan fingerprint density at radius 3 is 2.39 bits per heavy atom. The smallest absolute Gasteiger partial charge is 0.159 e. The van der Waals surface area contributed by atoms with Crippen LogP contribution in [0.2, 0.25) is 5.02 Å². The van der Waals surface area contributed by atoms with Gasteiger partial charge in [0.2, 0.25) is 0 Å². The molecule has 2 aromatic carbocycles. The Hall–Kier alpha value is -1.68. The summed E-state index contributed by atoms with van der Waals surface area (Å²) in [5.74, 6) is -2.27. The molecule has 0 saturated heterocycles. The summed E-state index contributed by atoms with van der Waals surface area (Å²) in [5, 5.41) is 3.14. The molecule has 94 valence electrons. The predicted octanol–water partition coefficient (Wildman–Crippen LogP) is 4.37. The van der Waals surface area contributed by atoms with E-state index in [1.807, 2.05) is 0 Å². The van der Waals surface area contributed by atoms with Crippen molar-refractivity contribution in [2.45, 2.75) is 6.54 Å². The van der Waals surface area contributed by atoms with E-state index in [0.717, 1.165) is 12.1 Å². The van der Waals surface area contributed by atoms with E-state index in [2.05, 4.69) is 5.32 Å². The maximum Gasteiger partial charge on any atom is 0.159 e. The van der Waals surface area contributed by atoms with E-state index in [4.69, 9.17) is 11.6 Å². The van der Waals surface area contributed by atoms with Gasteiger partial charge in [-0.05, 0) is 35.9 Å². The first-order valence-corrected chi connectivity index (χ1v) is 5.56. The summed E-state index contributed by atoms with van der Waals surface area (Å²) in [4.78, 5) is 0. The van der Waals surface area contributed by atoms with E-state index >= 15 is 0 Å². The first-order chi connectivity index (χ1) is 8.54.